The Morgan fingerprint density at radius 3 is 2.37 bits per heavy atom. The summed E-state index contributed by atoms with van der Waals surface area (Å²) in [6.45, 7) is 4.41. The van der Waals surface area contributed by atoms with Crippen LogP contribution in [0.15, 0.2) is 72.3 Å². The van der Waals surface area contributed by atoms with Crippen LogP contribution in [0.25, 0.3) is 5.76 Å². The quantitative estimate of drug-likeness (QED) is 0.233. The highest BCUT2D eigenvalue weighted by Gasteiger charge is 2.47. The molecule has 0 radical (unpaired) electrons. The summed E-state index contributed by atoms with van der Waals surface area (Å²) in [7, 11) is 1.52. The zero-order valence-electron chi connectivity index (χ0n) is 21.4. The van der Waals surface area contributed by atoms with Gasteiger partial charge in [0.15, 0.2) is 0 Å². The van der Waals surface area contributed by atoms with Gasteiger partial charge in [-0.25, -0.2) is 0 Å². The third kappa shape index (κ3) is 5.25. The molecule has 1 atom stereocenters. The largest absolute Gasteiger partial charge is 0.507 e. The number of aliphatic hydroxyl groups excluding tert-OH is 1. The molecule has 3 aromatic carbocycles. The Bertz CT molecular complexity index is 1410. The number of carbonyl (C=O) groups excluding carboxylic acids is 2. The zero-order valence-corrected chi connectivity index (χ0v) is 21.4. The summed E-state index contributed by atoms with van der Waals surface area (Å²) in [5.74, 6) is -1.70. The first-order valence-corrected chi connectivity index (χ1v) is 12.2. The van der Waals surface area contributed by atoms with Crippen molar-refractivity contribution in [3.05, 3.63) is 94.6 Å². The molecule has 38 heavy (non-hydrogen) atoms. The molecule has 0 aromatic heterocycles. The van der Waals surface area contributed by atoms with Crippen LogP contribution in [0.1, 0.15) is 41.6 Å². The second-order valence-electron chi connectivity index (χ2n) is 9.01. The van der Waals surface area contributed by atoms with Crippen LogP contribution in [0.5, 0.6) is 11.5 Å². The van der Waals surface area contributed by atoms with E-state index in [0.29, 0.717) is 40.5 Å². The number of Topliss-reactive ketones (excluding diaryl/α,β-unsaturated/α-hetero) is 1. The van der Waals surface area contributed by atoms with E-state index in [9.17, 15) is 19.5 Å². The van der Waals surface area contributed by atoms with E-state index in [1.54, 1.807) is 66.7 Å². The minimum atomic E-state index is -0.976. The van der Waals surface area contributed by atoms with Crippen molar-refractivity contribution >= 4 is 29.1 Å². The van der Waals surface area contributed by atoms with Gasteiger partial charge in [-0.15, -0.1) is 0 Å². The van der Waals surface area contributed by atoms with Gasteiger partial charge in [0.05, 0.1) is 31.8 Å². The number of hydrogen-bond acceptors (Lipinski definition) is 6. The maximum absolute atomic E-state index is 13.4. The minimum Gasteiger partial charge on any atom is -0.507 e. The summed E-state index contributed by atoms with van der Waals surface area (Å²) in [5, 5.41) is 20.5. The summed E-state index contributed by atoms with van der Waals surface area (Å²) in [6, 6.07) is 17.5. The number of carbonyl (C=O) groups is 3. The second-order valence-corrected chi connectivity index (χ2v) is 9.01. The topological polar surface area (TPSA) is 113 Å². The molecule has 2 N–H and O–H groups in total. The van der Waals surface area contributed by atoms with Gasteiger partial charge in [0.2, 0.25) is 0 Å². The van der Waals surface area contributed by atoms with Crippen LogP contribution in [0.4, 0.5) is 5.69 Å². The molecule has 1 heterocycles. The maximum Gasteiger partial charge on any atom is 0.307 e. The fraction of sp³-hybridized carbons (Fsp3) is 0.233. The van der Waals surface area contributed by atoms with Crippen LogP contribution in [-0.4, -0.2) is 41.6 Å². The first kappa shape index (κ1) is 26.5. The lowest BCUT2D eigenvalue weighted by Gasteiger charge is -2.26. The lowest BCUT2D eigenvalue weighted by molar-refractivity contribution is -0.136. The van der Waals surface area contributed by atoms with E-state index >= 15 is 0 Å². The fourth-order valence-electron chi connectivity index (χ4n) is 4.50. The predicted octanol–water partition coefficient (Wildman–Crippen LogP) is 5.05. The Morgan fingerprint density at radius 1 is 1.00 bits per heavy atom. The predicted molar refractivity (Wildman–Crippen MR) is 143 cm³/mol. The average Bonchev–Trinajstić information content (AvgIpc) is 3.17. The van der Waals surface area contributed by atoms with Gasteiger partial charge < -0.3 is 19.7 Å². The van der Waals surface area contributed by atoms with E-state index in [1.165, 1.54) is 12.0 Å². The summed E-state index contributed by atoms with van der Waals surface area (Å²) in [6.07, 6.45) is 0.679. The number of hydrogen-bond donors (Lipinski definition) is 2. The van der Waals surface area contributed by atoms with E-state index in [4.69, 9.17) is 14.6 Å². The van der Waals surface area contributed by atoms with Gasteiger partial charge in [0.25, 0.3) is 11.7 Å². The molecule has 1 amide bonds. The molecule has 1 saturated heterocycles. The number of aliphatic hydroxyl groups is 1. The molecule has 0 spiro atoms. The number of aryl methyl sites for hydroxylation is 1. The van der Waals surface area contributed by atoms with E-state index < -0.39 is 23.7 Å². The molecule has 8 heteroatoms. The van der Waals surface area contributed by atoms with Crippen LogP contribution in [0, 0.1) is 6.92 Å². The van der Waals surface area contributed by atoms with E-state index in [-0.39, 0.29) is 17.8 Å². The molecule has 196 valence electrons. The van der Waals surface area contributed by atoms with Gasteiger partial charge in [-0.3, -0.25) is 19.3 Å². The van der Waals surface area contributed by atoms with Gasteiger partial charge in [-0.05, 0) is 72.5 Å². The number of nitrogens with zero attached hydrogens (tertiary/aromatic N) is 1. The SMILES string of the molecule is CCCOc1ccc(/C(O)=C2/C(=O)C(=O)N(c3ccc(CC(=O)O)cc3)C2c2cccc(OC)c2)cc1C. The Hall–Kier alpha value is -4.59. The molecule has 3 aromatic rings. The van der Waals surface area contributed by atoms with Crippen molar-refractivity contribution in [2.75, 3.05) is 18.6 Å². The Morgan fingerprint density at radius 2 is 1.74 bits per heavy atom. The van der Waals surface area contributed by atoms with Gasteiger partial charge in [-0.2, -0.15) is 0 Å². The van der Waals surface area contributed by atoms with E-state index in [1.807, 2.05) is 13.8 Å². The van der Waals surface area contributed by atoms with E-state index in [0.717, 1.165) is 12.0 Å². The molecule has 0 saturated carbocycles. The number of amides is 1. The fourth-order valence-corrected chi connectivity index (χ4v) is 4.50. The molecular formula is C30H29NO7. The monoisotopic (exact) mass is 515 g/mol. The molecule has 8 nitrogen and oxygen atoms in total. The molecule has 1 aliphatic rings. The number of ether oxygens (including phenoxy) is 2. The van der Waals surface area contributed by atoms with Crippen LogP contribution in [-0.2, 0) is 20.8 Å². The van der Waals surface area contributed by atoms with Gasteiger partial charge in [0.1, 0.15) is 17.3 Å². The van der Waals surface area contributed by atoms with Crippen LogP contribution >= 0.6 is 0 Å². The van der Waals surface area contributed by atoms with Crippen molar-refractivity contribution in [2.45, 2.75) is 32.7 Å². The summed E-state index contributed by atoms with van der Waals surface area (Å²) >= 11 is 0. The molecule has 1 fully saturated rings. The molecule has 4 rings (SSSR count). The average molecular weight is 516 g/mol. The number of ketones is 1. The first-order valence-electron chi connectivity index (χ1n) is 12.2. The van der Waals surface area contributed by atoms with Gasteiger partial charge in [-0.1, -0.05) is 31.2 Å². The Balaban J connectivity index is 1.85. The smallest absolute Gasteiger partial charge is 0.307 e. The minimum absolute atomic E-state index is 0.0560. The van der Waals surface area contributed by atoms with Crippen molar-refractivity contribution in [2.24, 2.45) is 0 Å². The Kier molecular flexibility index (Phi) is 7.81. The number of benzene rings is 3. The highest BCUT2D eigenvalue weighted by atomic mass is 16.5. The van der Waals surface area contributed by atoms with Crippen LogP contribution < -0.4 is 14.4 Å². The summed E-state index contributed by atoms with van der Waals surface area (Å²) < 4.78 is 11.1. The van der Waals surface area contributed by atoms with Gasteiger partial charge in [0, 0.05) is 11.3 Å². The van der Waals surface area contributed by atoms with Crippen molar-refractivity contribution < 1.29 is 34.1 Å². The number of carboxylic acids is 1. The highest BCUT2D eigenvalue weighted by Crippen LogP contribution is 2.43. The number of carboxylic acid groups (broad SMARTS) is 1. The molecule has 1 unspecified atom stereocenters. The highest BCUT2D eigenvalue weighted by molar-refractivity contribution is 6.51. The third-order valence-electron chi connectivity index (χ3n) is 6.33. The van der Waals surface area contributed by atoms with Crippen molar-refractivity contribution in [1.82, 2.24) is 0 Å². The van der Waals surface area contributed by atoms with Crippen molar-refractivity contribution in [3.63, 3.8) is 0 Å². The third-order valence-corrected chi connectivity index (χ3v) is 6.33. The standard InChI is InChI=1S/C30H29NO7/c1-4-14-38-24-13-10-21(15-18(24)2)28(34)26-27(20-6-5-7-23(17-20)37-3)31(30(36)29(26)35)22-11-8-19(9-12-22)16-25(32)33/h5-13,15,17,27,34H,4,14,16H2,1-3H3,(H,32,33)/b28-26-. The number of aliphatic carboxylic acids is 1. The number of anilines is 1. The molecule has 0 aliphatic carbocycles. The molecular weight excluding hydrogens is 486 g/mol. The van der Waals surface area contributed by atoms with Crippen molar-refractivity contribution in [3.8, 4) is 11.5 Å². The van der Waals surface area contributed by atoms with Crippen LogP contribution in [0.2, 0.25) is 0 Å². The normalized spacial score (nSPS) is 16.5. The van der Waals surface area contributed by atoms with Gasteiger partial charge >= 0.3 is 5.97 Å². The maximum atomic E-state index is 13.4. The molecule has 0 bridgehead atoms. The number of methoxy groups -OCH3 is 1. The zero-order chi connectivity index (χ0) is 27.4. The lowest BCUT2D eigenvalue weighted by atomic mass is 9.94. The van der Waals surface area contributed by atoms with Crippen molar-refractivity contribution in [1.29, 1.82) is 0 Å². The summed E-state index contributed by atoms with van der Waals surface area (Å²) in [4.78, 5) is 39.2. The summed E-state index contributed by atoms with van der Waals surface area (Å²) in [5.41, 5.74) is 2.63. The molecule has 1 aliphatic heterocycles. The Labute approximate surface area is 220 Å². The van der Waals surface area contributed by atoms with Crippen LogP contribution in [0.3, 0.4) is 0 Å². The van der Waals surface area contributed by atoms with E-state index in [2.05, 4.69) is 0 Å². The number of rotatable bonds is 9. The second kappa shape index (κ2) is 11.2. The lowest BCUT2D eigenvalue weighted by Crippen LogP contribution is -2.29. The first-order chi connectivity index (χ1) is 18.2.